The summed E-state index contributed by atoms with van der Waals surface area (Å²) >= 11 is 1.37. The Bertz CT molecular complexity index is 540. The van der Waals surface area contributed by atoms with E-state index in [9.17, 15) is 8.78 Å². The van der Waals surface area contributed by atoms with Crippen LogP contribution >= 0.6 is 11.3 Å². The van der Waals surface area contributed by atoms with Gasteiger partial charge in [0, 0.05) is 18.2 Å². The molecule has 0 unspecified atom stereocenters. The predicted octanol–water partition coefficient (Wildman–Crippen LogP) is 2.98. The summed E-state index contributed by atoms with van der Waals surface area (Å²) in [5.74, 6) is -1.73. The minimum atomic E-state index is -0.871. The van der Waals surface area contributed by atoms with Crippen molar-refractivity contribution >= 4 is 11.3 Å². The third-order valence-corrected chi connectivity index (χ3v) is 3.27. The van der Waals surface area contributed by atoms with E-state index in [2.05, 4.69) is 15.5 Å². The molecular formula is C12H13F2N3S. The van der Waals surface area contributed by atoms with Crippen LogP contribution in [-0.4, -0.2) is 16.2 Å². The first-order valence-corrected chi connectivity index (χ1v) is 6.39. The monoisotopic (exact) mass is 269 g/mol. The zero-order chi connectivity index (χ0) is 13.1. The molecule has 0 atom stereocenters. The molecule has 0 aliphatic carbocycles. The lowest BCUT2D eigenvalue weighted by molar-refractivity contribution is 0.509. The third kappa shape index (κ3) is 3.08. The maximum atomic E-state index is 13.1. The maximum absolute atomic E-state index is 13.1. The van der Waals surface area contributed by atoms with E-state index in [-0.39, 0.29) is 0 Å². The Morgan fingerprint density at radius 1 is 1.22 bits per heavy atom. The van der Waals surface area contributed by atoms with Gasteiger partial charge in [-0.25, -0.2) is 8.78 Å². The van der Waals surface area contributed by atoms with Crippen molar-refractivity contribution in [2.75, 3.05) is 0 Å². The largest absolute Gasteiger partial charge is 0.308 e. The van der Waals surface area contributed by atoms with Gasteiger partial charge in [-0.3, -0.25) is 0 Å². The van der Waals surface area contributed by atoms with Crippen LogP contribution in [0, 0.1) is 11.6 Å². The molecule has 0 aliphatic heterocycles. The number of halogens is 2. The lowest BCUT2D eigenvalue weighted by atomic mass is 10.2. The number of aromatic nitrogens is 2. The third-order valence-electron chi connectivity index (χ3n) is 2.29. The van der Waals surface area contributed by atoms with Gasteiger partial charge in [0.25, 0.3) is 0 Å². The lowest BCUT2D eigenvalue weighted by Crippen LogP contribution is -2.21. The second-order valence-corrected chi connectivity index (χ2v) is 5.23. The topological polar surface area (TPSA) is 37.8 Å². The van der Waals surface area contributed by atoms with Gasteiger partial charge in [0.2, 0.25) is 0 Å². The van der Waals surface area contributed by atoms with Crippen LogP contribution in [0.25, 0.3) is 10.6 Å². The highest BCUT2D eigenvalue weighted by atomic mass is 32.1. The number of hydrogen-bond donors (Lipinski definition) is 1. The quantitative estimate of drug-likeness (QED) is 0.927. The fourth-order valence-corrected chi connectivity index (χ4v) is 2.15. The molecule has 0 fully saturated rings. The number of hydrogen-bond acceptors (Lipinski definition) is 4. The van der Waals surface area contributed by atoms with Crippen molar-refractivity contribution in [3.8, 4) is 10.6 Å². The van der Waals surface area contributed by atoms with Gasteiger partial charge in [0.15, 0.2) is 11.6 Å². The Hall–Kier alpha value is -1.40. The summed E-state index contributed by atoms with van der Waals surface area (Å²) in [6.07, 6.45) is 0. The molecule has 6 heteroatoms. The zero-order valence-electron chi connectivity index (χ0n) is 10.1. The maximum Gasteiger partial charge on any atom is 0.159 e. The number of benzene rings is 1. The molecule has 0 saturated carbocycles. The fraction of sp³-hybridized carbons (Fsp3) is 0.333. The van der Waals surface area contributed by atoms with E-state index >= 15 is 0 Å². The second kappa shape index (κ2) is 5.49. The molecule has 0 bridgehead atoms. The number of rotatable bonds is 4. The van der Waals surface area contributed by atoms with Gasteiger partial charge >= 0.3 is 0 Å². The summed E-state index contributed by atoms with van der Waals surface area (Å²) in [6, 6.07) is 4.09. The molecule has 0 saturated heterocycles. The van der Waals surface area contributed by atoms with Gasteiger partial charge in [-0.15, -0.1) is 10.2 Å². The molecule has 2 aromatic rings. The molecule has 0 amide bonds. The predicted molar refractivity (Wildman–Crippen MR) is 67.2 cm³/mol. The summed E-state index contributed by atoms with van der Waals surface area (Å²) in [6.45, 7) is 4.70. The van der Waals surface area contributed by atoms with Gasteiger partial charge in [-0.05, 0) is 18.2 Å². The number of nitrogens with zero attached hydrogens (tertiary/aromatic N) is 2. The van der Waals surface area contributed by atoms with Crippen LogP contribution in [0.5, 0.6) is 0 Å². The molecule has 0 aliphatic rings. The highest BCUT2D eigenvalue weighted by Gasteiger charge is 2.09. The molecular weight excluding hydrogens is 256 g/mol. The normalized spacial score (nSPS) is 11.2. The molecule has 18 heavy (non-hydrogen) atoms. The number of nitrogens with one attached hydrogen (secondary N) is 1. The van der Waals surface area contributed by atoms with Crippen molar-refractivity contribution in [3.63, 3.8) is 0 Å². The minimum absolute atomic E-state index is 0.362. The summed E-state index contributed by atoms with van der Waals surface area (Å²) in [7, 11) is 0. The molecule has 0 spiro atoms. The van der Waals surface area contributed by atoms with Crippen LogP contribution in [0.4, 0.5) is 8.78 Å². The molecule has 96 valence electrons. The van der Waals surface area contributed by atoms with Gasteiger partial charge in [-0.1, -0.05) is 25.2 Å². The van der Waals surface area contributed by atoms with Crippen LogP contribution in [-0.2, 0) is 6.54 Å². The van der Waals surface area contributed by atoms with Crippen LogP contribution in [0.15, 0.2) is 18.2 Å². The summed E-state index contributed by atoms with van der Waals surface area (Å²) < 4.78 is 25.9. The first kappa shape index (κ1) is 13.0. The standard InChI is InChI=1S/C12H13F2N3S/c1-7(2)15-6-11-16-17-12(18-11)8-3-4-9(13)10(14)5-8/h3-5,7,15H,6H2,1-2H3. The van der Waals surface area contributed by atoms with E-state index in [0.717, 1.165) is 17.1 Å². The Morgan fingerprint density at radius 3 is 2.67 bits per heavy atom. The Kier molecular flexibility index (Phi) is 3.98. The van der Waals surface area contributed by atoms with E-state index in [0.29, 0.717) is 23.2 Å². The Labute approximate surface area is 108 Å². The van der Waals surface area contributed by atoms with E-state index in [1.165, 1.54) is 17.4 Å². The van der Waals surface area contributed by atoms with Crippen molar-refractivity contribution in [1.82, 2.24) is 15.5 Å². The molecule has 3 nitrogen and oxygen atoms in total. The van der Waals surface area contributed by atoms with E-state index in [4.69, 9.17) is 0 Å². The Morgan fingerprint density at radius 2 is 2.00 bits per heavy atom. The molecule has 1 N–H and O–H groups in total. The van der Waals surface area contributed by atoms with E-state index in [1.807, 2.05) is 13.8 Å². The van der Waals surface area contributed by atoms with Crippen molar-refractivity contribution in [1.29, 1.82) is 0 Å². The van der Waals surface area contributed by atoms with Crippen LogP contribution in [0.2, 0.25) is 0 Å². The van der Waals surface area contributed by atoms with Gasteiger partial charge in [-0.2, -0.15) is 0 Å². The summed E-state index contributed by atoms with van der Waals surface area (Å²) in [5.41, 5.74) is 0.544. The van der Waals surface area contributed by atoms with E-state index in [1.54, 1.807) is 0 Å². The summed E-state index contributed by atoms with van der Waals surface area (Å²) in [5, 5.41) is 12.6. The van der Waals surface area contributed by atoms with Crippen molar-refractivity contribution in [3.05, 3.63) is 34.8 Å². The summed E-state index contributed by atoms with van der Waals surface area (Å²) in [4.78, 5) is 0. The molecule has 1 aromatic carbocycles. The van der Waals surface area contributed by atoms with Crippen molar-refractivity contribution in [2.24, 2.45) is 0 Å². The van der Waals surface area contributed by atoms with Crippen LogP contribution < -0.4 is 5.32 Å². The Balaban J connectivity index is 2.16. The molecule has 0 radical (unpaired) electrons. The zero-order valence-corrected chi connectivity index (χ0v) is 10.9. The van der Waals surface area contributed by atoms with E-state index < -0.39 is 11.6 Å². The molecule has 2 rings (SSSR count). The van der Waals surface area contributed by atoms with Crippen molar-refractivity contribution in [2.45, 2.75) is 26.4 Å². The highest BCUT2D eigenvalue weighted by molar-refractivity contribution is 7.14. The average molecular weight is 269 g/mol. The fourth-order valence-electron chi connectivity index (χ4n) is 1.36. The van der Waals surface area contributed by atoms with Gasteiger partial charge in [0.1, 0.15) is 10.0 Å². The van der Waals surface area contributed by atoms with Crippen LogP contribution in [0.1, 0.15) is 18.9 Å². The first-order valence-electron chi connectivity index (χ1n) is 5.57. The molecule has 1 aromatic heterocycles. The second-order valence-electron chi connectivity index (χ2n) is 4.17. The average Bonchev–Trinajstić information content (AvgIpc) is 2.79. The van der Waals surface area contributed by atoms with Gasteiger partial charge < -0.3 is 5.32 Å². The SMILES string of the molecule is CC(C)NCc1nnc(-c2ccc(F)c(F)c2)s1. The van der Waals surface area contributed by atoms with Gasteiger partial charge in [0.05, 0.1) is 0 Å². The smallest absolute Gasteiger partial charge is 0.159 e. The molecule has 1 heterocycles. The van der Waals surface area contributed by atoms with Crippen molar-refractivity contribution < 1.29 is 8.78 Å². The lowest BCUT2D eigenvalue weighted by Gasteiger charge is -2.03. The highest BCUT2D eigenvalue weighted by Crippen LogP contribution is 2.24. The minimum Gasteiger partial charge on any atom is -0.308 e. The first-order chi connectivity index (χ1) is 8.56. The van der Waals surface area contributed by atoms with Crippen LogP contribution in [0.3, 0.4) is 0 Å².